The van der Waals surface area contributed by atoms with Crippen molar-refractivity contribution in [2.45, 2.75) is 12.5 Å². The molecule has 0 radical (unpaired) electrons. The second-order valence-electron chi connectivity index (χ2n) is 3.75. The number of carboxylic acid groups (broad SMARTS) is 2. The Hall–Kier alpha value is -1.99. The molecule has 20 heavy (non-hydrogen) atoms. The highest BCUT2D eigenvalue weighted by molar-refractivity contribution is 6.35. The Morgan fingerprint density at radius 2 is 1.65 bits per heavy atom. The lowest BCUT2D eigenvalue weighted by Gasteiger charge is -2.13. The Bertz CT molecular complexity index is 529. The fourth-order valence-corrected chi connectivity index (χ4v) is 1.85. The molecule has 0 spiro atoms. The molecule has 0 saturated heterocycles. The lowest BCUT2D eigenvalue weighted by atomic mass is 10.2. The highest BCUT2D eigenvalue weighted by Gasteiger charge is 2.23. The van der Waals surface area contributed by atoms with Gasteiger partial charge in [-0.2, -0.15) is 0 Å². The zero-order valence-corrected chi connectivity index (χ0v) is 11.4. The molecule has 0 aliphatic heterocycles. The van der Waals surface area contributed by atoms with Crippen LogP contribution in [0.4, 0.5) is 10.5 Å². The van der Waals surface area contributed by atoms with Gasteiger partial charge in [-0.25, -0.2) is 9.59 Å². The zero-order valence-electron chi connectivity index (χ0n) is 9.89. The van der Waals surface area contributed by atoms with E-state index in [0.717, 1.165) is 0 Å². The average molecular weight is 321 g/mol. The van der Waals surface area contributed by atoms with E-state index < -0.39 is 30.4 Å². The Morgan fingerprint density at radius 3 is 2.10 bits per heavy atom. The first-order valence-corrected chi connectivity index (χ1v) is 6.01. The van der Waals surface area contributed by atoms with Gasteiger partial charge in [0.2, 0.25) is 0 Å². The maximum Gasteiger partial charge on any atom is 0.326 e. The largest absolute Gasteiger partial charge is 0.481 e. The molecular formula is C11H10Cl2N2O5. The molecule has 0 bridgehead atoms. The van der Waals surface area contributed by atoms with Crippen molar-refractivity contribution in [1.82, 2.24) is 5.32 Å². The van der Waals surface area contributed by atoms with Crippen molar-refractivity contribution < 1.29 is 24.6 Å². The van der Waals surface area contributed by atoms with Crippen LogP contribution in [-0.4, -0.2) is 34.2 Å². The van der Waals surface area contributed by atoms with E-state index in [1.807, 2.05) is 5.32 Å². The summed E-state index contributed by atoms with van der Waals surface area (Å²) in [6.45, 7) is 0. The van der Waals surface area contributed by atoms with E-state index in [1.54, 1.807) is 0 Å². The van der Waals surface area contributed by atoms with Crippen molar-refractivity contribution in [3.8, 4) is 0 Å². The number of hydrogen-bond acceptors (Lipinski definition) is 3. The number of carbonyl (C=O) groups excluding carboxylic acids is 1. The zero-order chi connectivity index (χ0) is 15.3. The standard InChI is InChI=1S/C11H10Cl2N2O5/c12-5-1-6(13)3-7(2-5)14-11(20)15-8(10(18)19)4-9(16)17/h1-3,8H,4H2,(H,16,17)(H,18,19)(H2,14,15,20)/t8-/m1/s1. The van der Waals surface area contributed by atoms with Crippen LogP contribution in [0.5, 0.6) is 0 Å². The molecule has 1 aromatic rings. The van der Waals surface area contributed by atoms with Gasteiger partial charge in [0.15, 0.2) is 0 Å². The molecule has 1 rings (SSSR count). The van der Waals surface area contributed by atoms with Gasteiger partial charge < -0.3 is 20.8 Å². The van der Waals surface area contributed by atoms with E-state index in [2.05, 4.69) is 5.32 Å². The summed E-state index contributed by atoms with van der Waals surface area (Å²) in [6, 6.07) is 1.84. The minimum Gasteiger partial charge on any atom is -0.481 e. The molecule has 0 heterocycles. The molecule has 9 heteroatoms. The van der Waals surface area contributed by atoms with E-state index in [9.17, 15) is 14.4 Å². The summed E-state index contributed by atoms with van der Waals surface area (Å²) in [4.78, 5) is 32.8. The third kappa shape index (κ3) is 5.33. The second kappa shape index (κ2) is 6.97. The average Bonchev–Trinajstić information content (AvgIpc) is 2.25. The van der Waals surface area contributed by atoms with Crippen LogP contribution in [0.15, 0.2) is 18.2 Å². The van der Waals surface area contributed by atoms with Gasteiger partial charge in [0, 0.05) is 15.7 Å². The van der Waals surface area contributed by atoms with Crippen molar-refractivity contribution in [3.05, 3.63) is 28.2 Å². The molecule has 4 N–H and O–H groups in total. The number of rotatable bonds is 5. The molecule has 1 aromatic carbocycles. The third-order valence-corrected chi connectivity index (χ3v) is 2.54. The van der Waals surface area contributed by atoms with E-state index in [1.165, 1.54) is 18.2 Å². The van der Waals surface area contributed by atoms with Gasteiger partial charge in [-0.3, -0.25) is 4.79 Å². The molecule has 2 amide bonds. The normalized spacial score (nSPS) is 11.5. The highest BCUT2D eigenvalue weighted by atomic mass is 35.5. The number of nitrogens with one attached hydrogen (secondary N) is 2. The van der Waals surface area contributed by atoms with Crippen molar-refractivity contribution in [2.24, 2.45) is 0 Å². The first-order valence-electron chi connectivity index (χ1n) is 5.26. The maximum absolute atomic E-state index is 11.6. The summed E-state index contributed by atoms with van der Waals surface area (Å²) in [5.41, 5.74) is 0.250. The van der Waals surface area contributed by atoms with Crippen LogP contribution in [0.1, 0.15) is 6.42 Å². The summed E-state index contributed by atoms with van der Waals surface area (Å²) < 4.78 is 0. The van der Waals surface area contributed by atoms with Gasteiger partial charge in [-0.05, 0) is 18.2 Å². The molecule has 0 saturated carbocycles. The van der Waals surface area contributed by atoms with Gasteiger partial charge in [-0.1, -0.05) is 23.2 Å². The molecule has 108 valence electrons. The van der Waals surface area contributed by atoms with E-state index >= 15 is 0 Å². The molecule has 0 aliphatic rings. The fourth-order valence-electron chi connectivity index (χ4n) is 1.33. The number of hydrogen-bond donors (Lipinski definition) is 4. The molecule has 0 fully saturated rings. The van der Waals surface area contributed by atoms with Gasteiger partial charge in [0.1, 0.15) is 6.04 Å². The third-order valence-electron chi connectivity index (χ3n) is 2.10. The Balaban J connectivity index is 2.70. The summed E-state index contributed by atoms with van der Waals surface area (Å²) in [5, 5.41) is 22.2. The number of urea groups is 1. The smallest absolute Gasteiger partial charge is 0.326 e. The molecule has 0 unspecified atom stereocenters. The predicted octanol–water partition coefficient (Wildman–Crippen LogP) is 2.04. The van der Waals surface area contributed by atoms with Gasteiger partial charge in [0.25, 0.3) is 0 Å². The number of halogens is 2. The summed E-state index contributed by atoms with van der Waals surface area (Å²) in [7, 11) is 0. The highest BCUT2D eigenvalue weighted by Crippen LogP contribution is 2.22. The first-order chi connectivity index (χ1) is 9.27. The first kappa shape index (κ1) is 16.1. The lowest BCUT2D eigenvalue weighted by molar-refractivity contribution is -0.145. The number of carbonyl (C=O) groups is 3. The lowest BCUT2D eigenvalue weighted by Crippen LogP contribution is -2.44. The maximum atomic E-state index is 11.6. The summed E-state index contributed by atoms with van der Waals surface area (Å²) >= 11 is 11.5. The summed E-state index contributed by atoms with van der Waals surface area (Å²) in [6.07, 6.45) is -0.737. The van der Waals surface area contributed by atoms with Crippen LogP contribution in [0, 0.1) is 0 Å². The minimum atomic E-state index is -1.54. The van der Waals surface area contributed by atoms with Crippen molar-refractivity contribution >= 4 is 46.9 Å². The number of amides is 2. The molecule has 1 atom stereocenters. The van der Waals surface area contributed by atoms with Gasteiger partial charge >= 0.3 is 18.0 Å². The van der Waals surface area contributed by atoms with Gasteiger partial charge in [0.05, 0.1) is 6.42 Å². The number of anilines is 1. The summed E-state index contributed by atoms with van der Waals surface area (Å²) in [5.74, 6) is -2.80. The molecule has 0 aliphatic carbocycles. The predicted molar refractivity (Wildman–Crippen MR) is 72.3 cm³/mol. The quantitative estimate of drug-likeness (QED) is 0.662. The van der Waals surface area contributed by atoms with Crippen molar-refractivity contribution in [3.63, 3.8) is 0 Å². The van der Waals surface area contributed by atoms with Crippen LogP contribution in [-0.2, 0) is 9.59 Å². The topological polar surface area (TPSA) is 116 Å². The Kier molecular flexibility index (Phi) is 5.60. The van der Waals surface area contributed by atoms with E-state index in [4.69, 9.17) is 33.4 Å². The van der Waals surface area contributed by atoms with E-state index in [-0.39, 0.29) is 15.7 Å². The SMILES string of the molecule is O=C(O)C[C@@H](NC(=O)Nc1cc(Cl)cc(Cl)c1)C(=O)O. The molecular weight excluding hydrogens is 311 g/mol. The minimum absolute atomic E-state index is 0.250. The Morgan fingerprint density at radius 1 is 1.10 bits per heavy atom. The van der Waals surface area contributed by atoms with Crippen molar-refractivity contribution in [2.75, 3.05) is 5.32 Å². The molecule has 7 nitrogen and oxygen atoms in total. The fraction of sp³-hybridized carbons (Fsp3) is 0.182. The van der Waals surface area contributed by atoms with Gasteiger partial charge in [-0.15, -0.1) is 0 Å². The van der Waals surface area contributed by atoms with Crippen LogP contribution < -0.4 is 10.6 Å². The van der Waals surface area contributed by atoms with Crippen molar-refractivity contribution in [1.29, 1.82) is 0 Å². The van der Waals surface area contributed by atoms with Crippen LogP contribution >= 0.6 is 23.2 Å². The van der Waals surface area contributed by atoms with Crippen LogP contribution in [0.25, 0.3) is 0 Å². The Labute approximate surface area is 123 Å². The monoisotopic (exact) mass is 320 g/mol. The van der Waals surface area contributed by atoms with Crippen LogP contribution in [0.3, 0.4) is 0 Å². The van der Waals surface area contributed by atoms with Crippen LogP contribution in [0.2, 0.25) is 10.0 Å². The van der Waals surface area contributed by atoms with E-state index in [0.29, 0.717) is 0 Å². The number of benzene rings is 1. The molecule has 0 aromatic heterocycles. The number of carboxylic acids is 2. The number of aliphatic carboxylic acids is 2. The second-order valence-corrected chi connectivity index (χ2v) is 4.62.